The second-order valence-electron chi connectivity index (χ2n) is 3.62. The number of carbonyl (C=O) groups excluding carboxylic acids is 1. The van der Waals surface area contributed by atoms with Gasteiger partial charge >= 0.3 is 0 Å². The smallest absolute Gasteiger partial charge is 0.230 e. The molecule has 0 saturated heterocycles. The molecule has 0 aliphatic heterocycles. The van der Waals surface area contributed by atoms with E-state index in [2.05, 4.69) is 10.3 Å². The van der Waals surface area contributed by atoms with Crippen molar-refractivity contribution in [3.05, 3.63) is 45.4 Å². The number of halogens is 1. The normalized spacial score (nSPS) is 10.2. The standard InChI is InChI=1S/C12H11ClN2OS/c1-8-10(13)3-2-4-11(8)15-12(16)5-9-6-17-7-14-9/h2-4,6-7H,5H2,1H3,(H,15,16). The van der Waals surface area contributed by atoms with E-state index in [1.807, 2.05) is 24.4 Å². The molecule has 3 nitrogen and oxygen atoms in total. The van der Waals surface area contributed by atoms with Crippen molar-refractivity contribution < 1.29 is 4.79 Å². The Morgan fingerprint density at radius 3 is 3.06 bits per heavy atom. The summed E-state index contributed by atoms with van der Waals surface area (Å²) in [5, 5.41) is 5.35. The number of nitrogens with one attached hydrogen (secondary N) is 1. The lowest BCUT2D eigenvalue weighted by Gasteiger charge is -2.08. The lowest BCUT2D eigenvalue weighted by Crippen LogP contribution is -2.15. The maximum absolute atomic E-state index is 11.8. The fourth-order valence-corrected chi connectivity index (χ4v) is 2.16. The van der Waals surface area contributed by atoms with Crippen LogP contribution in [0, 0.1) is 6.92 Å². The zero-order valence-electron chi connectivity index (χ0n) is 9.24. The molecule has 2 aromatic rings. The number of amides is 1. The molecule has 17 heavy (non-hydrogen) atoms. The van der Waals surface area contributed by atoms with Gasteiger partial charge in [0, 0.05) is 16.1 Å². The predicted octanol–water partition coefficient (Wildman–Crippen LogP) is 3.29. The Balaban J connectivity index is 2.06. The summed E-state index contributed by atoms with van der Waals surface area (Å²) < 4.78 is 0. The summed E-state index contributed by atoms with van der Waals surface area (Å²) in [6.45, 7) is 1.88. The molecule has 1 amide bonds. The van der Waals surface area contributed by atoms with E-state index in [-0.39, 0.29) is 12.3 Å². The number of benzene rings is 1. The third-order valence-corrected chi connectivity index (χ3v) is 3.41. The quantitative estimate of drug-likeness (QED) is 0.926. The van der Waals surface area contributed by atoms with Crippen LogP contribution in [0.4, 0.5) is 5.69 Å². The second-order valence-corrected chi connectivity index (χ2v) is 4.74. The van der Waals surface area contributed by atoms with Crippen LogP contribution in [-0.2, 0) is 11.2 Å². The summed E-state index contributed by atoms with van der Waals surface area (Å²) >= 11 is 7.46. The van der Waals surface area contributed by atoms with Gasteiger partial charge in [0.25, 0.3) is 0 Å². The van der Waals surface area contributed by atoms with Gasteiger partial charge in [0.05, 0.1) is 17.6 Å². The van der Waals surface area contributed by atoms with Crippen LogP contribution in [0.1, 0.15) is 11.3 Å². The van der Waals surface area contributed by atoms with Gasteiger partial charge in [-0.3, -0.25) is 4.79 Å². The van der Waals surface area contributed by atoms with Crippen molar-refractivity contribution in [1.29, 1.82) is 0 Å². The first-order valence-corrected chi connectivity index (χ1v) is 6.41. The van der Waals surface area contributed by atoms with Crippen molar-refractivity contribution in [3.63, 3.8) is 0 Å². The van der Waals surface area contributed by atoms with E-state index in [0.29, 0.717) is 5.02 Å². The Kier molecular flexibility index (Phi) is 3.76. The zero-order chi connectivity index (χ0) is 12.3. The molecule has 0 radical (unpaired) electrons. The molecular formula is C12H11ClN2OS. The number of carbonyl (C=O) groups is 1. The van der Waals surface area contributed by atoms with E-state index in [1.165, 1.54) is 11.3 Å². The molecule has 1 N–H and O–H groups in total. The van der Waals surface area contributed by atoms with Gasteiger partial charge in [-0.25, -0.2) is 4.98 Å². The SMILES string of the molecule is Cc1c(Cl)cccc1NC(=O)Cc1cscn1. The second kappa shape index (κ2) is 5.29. The van der Waals surface area contributed by atoms with Gasteiger partial charge in [-0.15, -0.1) is 11.3 Å². The Morgan fingerprint density at radius 1 is 1.53 bits per heavy atom. The molecule has 0 aliphatic carbocycles. The molecule has 1 heterocycles. The molecule has 88 valence electrons. The Morgan fingerprint density at radius 2 is 2.35 bits per heavy atom. The highest BCUT2D eigenvalue weighted by atomic mass is 35.5. The van der Waals surface area contributed by atoms with Crippen LogP contribution in [0.3, 0.4) is 0 Å². The van der Waals surface area contributed by atoms with E-state index >= 15 is 0 Å². The number of aromatic nitrogens is 1. The van der Waals surface area contributed by atoms with Crippen molar-refractivity contribution in [2.75, 3.05) is 5.32 Å². The molecule has 0 atom stereocenters. The van der Waals surface area contributed by atoms with Crippen LogP contribution < -0.4 is 5.32 Å². The lowest BCUT2D eigenvalue weighted by atomic mass is 10.2. The van der Waals surface area contributed by atoms with Crippen LogP contribution in [0.25, 0.3) is 0 Å². The van der Waals surface area contributed by atoms with Crippen molar-refractivity contribution >= 4 is 34.5 Å². The summed E-state index contributed by atoms with van der Waals surface area (Å²) in [5.74, 6) is -0.0822. The summed E-state index contributed by atoms with van der Waals surface area (Å²) in [6, 6.07) is 5.45. The largest absolute Gasteiger partial charge is 0.325 e. The van der Waals surface area contributed by atoms with E-state index in [1.54, 1.807) is 11.6 Å². The molecule has 0 aliphatic rings. The van der Waals surface area contributed by atoms with Gasteiger partial charge in [0.15, 0.2) is 0 Å². The summed E-state index contributed by atoms with van der Waals surface area (Å²) in [7, 11) is 0. The number of rotatable bonds is 3. The summed E-state index contributed by atoms with van der Waals surface area (Å²) in [4.78, 5) is 15.8. The highest BCUT2D eigenvalue weighted by molar-refractivity contribution is 7.07. The van der Waals surface area contributed by atoms with E-state index < -0.39 is 0 Å². The number of anilines is 1. The van der Waals surface area contributed by atoms with Gasteiger partial charge in [0.2, 0.25) is 5.91 Å². The first kappa shape index (κ1) is 12.1. The average Bonchev–Trinajstić information content (AvgIpc) is 2.77. The number of hydrogen-bond acceptors (Lipinski definition) is 3. The predicted molar refractivity (Wildman–Crippen MR) is 70.6 cm³/mol. The fourth-order valence-electron chi connectivity index (χ4n) is 1.43. The summed E-state index contributed by atoms with van der Waals surface area (Å²) in [5.41, 5.74) is 4.12. The van der Waals surface area contributed by atoms with Gasteiger partial charge in [-0.2, -0.15) is 0 Å². The van der Waals surface area contributed by atoms with Gasteiger partial charge in [-0.05, 0) is 24.6 Å². The fraction of sp³-hybridized carbons (Fsp3) is 0.167. The first-order chi connectivity index (χ1) is 8.16. The van der Waals surface area contributed by atoms with Crippen LogP contribution in [-0.4, -0.2) is 10.9 Å². The van der Waals surface area contributed by atoms with Crippen molar-refractivity contribution in [2.45, 2.75) is 13.3 Å². The summed E-state index contributed by atoms with van der Waals surface area (Å²) in [6.07, 6.45) is 0.287. The molecule has 0 unspecified atom stereocenters. The molecule has 0 bridgehead atoms. The molecule has 5 heteroatoms. The minimum absolute atomic E-state index is 0.0822. The van der Waals surface area contributed by atoms with Crippen LogP contribution in [0.5, 0.6) is 0 Å². The monoisotopic (exact) mass is 266 g/mol. The molecule has 0 spiro atoms. The zero-order valence-corrected chi connectivity index (χ0v) is 10.8. The van der Waals surface area contributed by atoms with Gasteiger partial charge < -0.3 is 5.32 Å². The molecule has 1 aromatic carbocycles. The molecular weight excluding hydrogens is 256 g/mol. The molecule has 0 fully saturated rings. The topological polar surface area (TPSA) is 42.0 Å². The van der Waals surface area contributed by atoms with E-state index in [0.717, 1.165) is 16.9 Å². The Bertz CT molecular complexity index is 525. The molecule has 2 rings (SSSR count). The van der Waals surface area contributed by atoms with Crippen molar-refractivity contribution in [3.8, 4) is 0 Å². The number of nitrogens with zero attached hydrogens (tertiary/aromatic N) is 1. The lowest BCUT2D eigenvalue weighted by molar-refractivity contribution is -0.115. The highest BCUT2D eigenvalue weighted by Crippen LogP contribution is 2.22. The highest BCUT2D eigenvalue weighted by Gasteiger charge is 2.08. The molecule has 1 aromatic heterocycles. The van der Waals surface area contributed by atoms with Crippen molar-refractivity contribution in [1.82, 2.24) is 4.98 Å². The van der Waals surface area contributed by atoms with Crippen LogP contribution >= 0.6 is 22.9 Å². The van der Waals surface area contributed by atoms with Gasteiger partial charge in [-0.1, -0.05) is 17.7 Å². The van der Waals surface area contributed by atoms with E-state index in [4.69, 9.17) is 11.6 Å². The minimum atomic E-state index is -0.0822. The number of thiazole rings is 1. The maximum Gasteiger partial charge on any atom is 0.230 e. The van der Waals surface area contributed by atoms with Crippen LogP contribution in [0.2, 0.25) is 5.02 Å². The molecule has 0 saturated carbocycles. The maximum atomic E-state index is 11.8. The average molecular weight is 267 g/mol. The third kappa shape index (κ3) is 3.05. The minimum Gasteiger partial charge on any atom is -0.325 e. The Labute approximate surface area is 108 Å². The first-order valence-electron chi connectivity index (χ1n) is 5.09. The number of hydrogen-bond donors (Lipinski definition) is 1. The van der Waals surface area contributed by atoms with Gasteiger partial charge in [0.1, 0.15) is 0 Å². The van der Waals surface area contributed by atoms with Crippen LogP contribution in [0.15, 0.2) is 29.1 Å². The Hall–Kier alpha value is -1.39. The third-order valence-electron chi connectivity index (χ3n) is 2.37. The van der Waals surface area contributed by atoms with E-state index in [9.17, 15) is 4.79 Å². The van der Waals surface area contributed by atoms with Crippen molar-refractivity contribution in [2.24, 2.45) is 0 Å².